The summed E-state index contributed by atoms with van der Waals surface area (Å²) in [6.07, 6.45) is 0. The van der Waals surface area contributed by atoms with E-state index in [0.29, 0.717) is 6.07 Å². The molecule has 5 heterocycles. The summed E-state index contributed by atoms with van der Waals surface area (Å²) in [5.74, 6) is 0. The molecule has 0 saturated heterocycles. The molecule has 78 heavy (non-hydrogen) atoms. The molecule has 7 aromatic rings. The minimum Gasteiger partial charge on any atom is -0.651 e. The first-order chi connectivity index (χ1) is 36.4. The Hall–Kier alpha value is -7.78. The Morgan fingerprint density at radius 2 is 0.590 bits per heavy atom. The molecule has 3 aromatic heterocycles. The summed E-state index contributed by atoms with van der Waals surface area (Å²) in [5, 5.41) is 91.1. The van der Waals surface area contributed by atoms with Crippen LogP contribution in [0.3, 0.4) is 0 Å². The molecule has 0 aliphatic carbocycles. The molecule has 0 saturated carbocycles. The van der Waals surface area contributed by atoms with Gasteiger partial charge in [-0.2, -0.15) is 0 Å². The Kier molecular flexibility index (Phi) is 15.4. The van der Waals surface area contributed by atoms with Crippen molar-refractivity contribution in [3.05, 3.63) is 213 Å². The summed E-state index contributed by atoms with van der Waals surface area (Å²) in [7, 11) is 0. The van der Waals surface area contributed by atoms with Gasteiger partial charge in [0, 0.05) is 90.8 Å². The number of aromatic nitrogens is 4. The van der Waals surface area contributed by atoms with Gasteiger partial charge < -0.3 is 9.97 Å². The van der Waals surface area contributed by atoms with E-state index in [1.165, 1.54) is 24.3 Å². The Balaban J connectivity index is 0.00000803. The van der Waals surface area contributed by atoms with Crippen LogP contribution in [0.2, 0.25) is 40.2 Å². The number of hydrogen-bond acceptors (Lipinski definition) is 16. The largest absolute Gasteiger partial charge is 2.00 e. The number of halogens is 8. The molecule has 0 N–H and O–H groups in total. The monoisotopic (exact) mass is 1260 g/mol. The molecular weight excluding hydrogens is 1260 g/mol. The number of rotatable bonds is 11. The van der Waals surface area contributed by atoms with Crippen LogP contribution in [0.1, 0.15) is 22.8 Å². The molecule has 0 radical (unpaired) electrons. The first kappa shape index (κ1) is 56.4. The quantitative estimate of drug-likeness (QED) is 0.0659. The first-order valence-corrected chi connectivity index (χ1v) is 23.5. The van der Waals surface area contributed by atoms with E-state index in [-0.39, 0.29) is 19.5 Å². The van der Waals surface area contributed by atoms with Crippen LogP contribution in [0.25, 0.3) is 89.4 Å². The smallest absolute Gasteiger partial charge is 0.651 e. The number of hydrogen-bond donors (Lipinski definition) is 0. The van der Waals surface area contributed by atoms with Gasteiger partial charge in [0.1, 0.15) is 0 Å². The minimum atomic E-state index is -1.75. The van der Waals surface area contributed by atoms with E-state index >= 15 is 0 Å². The van der Waals surface area contributed by atoms with Gasteiger partial charge in [-0.05, 0) is 65.1 Å². The Labute approximate surface area is 482 Å². The molecule has 0 amide bonds. The first-order valence-electron chi connectivity index (χ1n) is 20.5. The molecule has 4 aromatic carbocycles. The van der Waals surface area contributed by atoms with Crippen molar-refractivity contribution < 1.29 is 53.9 Å². The van der Waals surface area contributed by atoms with E-state index in [1.54, 1.807) is 0 Å². The third-order valence-corrected chi connectivity index (χ3v) is 14.0. The van der Waals surface area contributed by atoms with Crippen molar-refractivity contribution in [2.45, 2.75) is 0 Å². The summed E-state index contributed by atoms with van der Waals surface area (Å²) in [5.41, 5.74) is -28.0. The molecule has 9 rings (SSSR count). The molecule has 8 bridgehead atoms. The van der Waals surface area contributed by atoms with Gasteiger partial charge in [0.15, 0.2) is 22.8 Å². The number of fused-ring (bicyclic) bond motifs is 8. The second-order valence-electron chi connectivity index (χ2n) is 15.6. The van der Waals surface area contributed by atoms with Crippen LogP contribution in [0, 0.1) is 70.8 Å². The van der Waals surface area contributed by atoms with Gasteiger partial charge in [0.25, 0.3) is 5.69 Å². The topological polar surface area (TPSA) is 356 Å². The van der Waals surface area contributed by atoms with Crippen molar-refractivity contribution in [3.8, 4) is 44.5 Å². The molecule has 0 atom stereocenters. The van der Waals surface area contributed by atoms with Crippen LogP contribution in [0.4, 0.5) is 17.1 Å². The van der Waals surface area contributed by atoms with E-state index in [2.05, 4.69) is 19.9 Å². The predicted molar refractivity (Wildman–Crippen MR) is 282 cm³/mol. The van der Waals surface area contributed by atoms with E-state index in [0.717, 1.165) is 48.5 Å². The molecular formula is C44H13Cl8N11O14Zn. The second kappa shape index (κ2) is 21.2. The molecule has 34 heteroatoms. The zero-order chi connectivity index (χ0) is 56.0. The average Bonchev–Trinajstić information content (AvgIpc) is 4.19. The van der Waals surface area contributed by atoms with Crippen molar-refractivity contribution >= 4 is 155 Å². The molecule has 25 nitrogen and oxygen atoms in total. The van der Waals surface area contributed by atoms with Crippen LogP contribution in [0.15, 0.2) is 78.9 Å². The van der Waals surface area contributed by atoms with Gasteiger partial charge in [0.05, 0.1) is 34.5 Å². The van der Waals surface area contributed by atoms with E-state index in [4.69, 9.17) is 92.8 Å². The minimum absolute atomic E-state index is 0. The van der Waals surface area contributed by atoms with E-state index < -0.39 is 204 Å². The zero-order valence-corrected chi connectivity index (χ0v) is 46.4. The van der Waals surface area contributed by atoms with Crippen LogP contribution in [0.5, 0.6) is 0 Å². The molecule has 2 aliphatic heterocycles. The summed E-state index contributed by atoms with van der Waals surface area (Å²) < 4.78 is 0. The van der Waals surface area contributed by atoms with E-state index in [1.807, 2.05) is 0 Å². The van der Waals surface area contributed by atoms with Crippen LogP contribution in [-0.4, -0.2) is 44.4 Å². The Morgan fingerprint density at radius 1 is 0.333 bits per heavy atom. The molecule has 2 aliphatic rings. The van der Waals surface area contributed by atoms with Gasteiger partial charge >= 0.3 is 53.6 Å². The maximum absolute atomic E-state index is 13.7. The fraction of sp³-hybridized carbons (Fsp3) is 0. The molecule has 0 unspecified atom stereocenters. The van der Waals surface area contributed by atoms with Crippen molar-refractivity contribution in [1.82, 2.24) is 19.9 Å². The standard InChI is InChI=1S/C44H13Cl8N11O14.Zn/c45-14-5-1-6-15(46)24(14)28-22-13-23(57(64)65)32(53-22)29(25-16(47)7-2-8-17(25)48)34-40(59(68)69)42(61(72)73)36(55-34)31(27-20(51)11-4-12-21(27)52)38-44(63(76)77)43(62(74)75)37(56-38)30(26-18(49)9-3-10-19(26)50)35-41(60(70)71)39(58(66)67)33(28)54-35;/h1-13H;/q-2;+2. The van der Waals surface area contributed by atoms with Crippen molar-refractivity contribution in [1.29, 1.82) is 0 Å². The van der Waals surface area contributed by atoms with Crippen LogP contribution in [-0.2, 0) is 19.5 Å². The van der Waals surface area contributed by atoms with Gasteiger partial charge in [-0.3, -0.25) is 70.8 Å². The van der Waals surface area contributed by atoms with Crippen LogP contribution < -0.4 is 9.97 Å². The maximum Gasteiger partial charge on any atom is 2.00 e. The van der Waals surface area contributed by atoms with Crippen LogP contribution >= 0.6 is 92.8 Å². The number of nitro groups is 7. The average molecular weight is 1270 g/mol. The third-order valence-electron chi connectivity index (χ3n) is 11.5. The van der Waals surface area contributed by atoms with Crippen molar-refractivity contribution in [2.24, 2.45) is 0 Å². The summed E-state index contributed by atoms with van der Waals surface area (Å²) in [6.45, 7) is 0. The molecule has 0 fully saturated rings. The summed E-state index contributed by atoms with van der Waals surface area (Å²) in [6, 6.07) is 14.3. The zero-order valence-electron chi connectivity index (χ0n) is 37.4. The van der Waals surface area contributed by atoms with Gasteiger partial charge in [-0.25, -0.2) is 9.97 Å². The Bertz CT molecular complexity index is 4170. The molecule has 386 valence electrons. The second-order valence-corrected chi connectivity index (χ2v) is 18.8. The Morgan fingerprint density at radius 3 is 0.846 bits per heavy atom. The number of nitrogens with zero attached hydrogens (tertiary/aromatic N) is 11. The maximum atomic E-state index is 13.7. The number of benzene rings is 4. The van der Waals surface area contributed by atoms with Crippen molar-refractivity contribution in [3.63, 3.8) is 0 Å². The molecule has 0 spiro atoms. The van der Waals surface area contributed by atoms with Crippen molar-refractivity contribution in [2.75, 3.05) is 0 Å². The summed E-state index contributed by atoms with van der Waals surface area (Å²) in [4.78, 5) is 103. The van der Waals surface area contributed by atoms with E-state index in [9.17, 15) is 70.8 Å². The summed E-state index contributed by atoms with van der Waals surface area (Å²) >= 11 is 53.9. The van der Waals surface area contributed by atoms with Gasteiger partial charge in [0.2, 0.25) is 0 Å². The third kappa shape index (κ3) is 9.08. The fourth-order valence-corrected chi connectivity index (χ4v) is 11.0. The predicted octanol–water partition coefficient (Wildman–Crippen LogP) is 13.9. The van der Waals surface area contributed by atoms with Gasteiger partial charge in [-0.15, -0.1) is 5.52 Å². The van der Waals surface area contributed by atoms with Gasteiger partial charge in [-0.1, -0.05) is 117 Å². The SMILES string of the molecule is O=[N+]([O-])C1=C([N+](=O)[O-])c2nc1c(-c1c(Cl)cccc1Cl)c1cc([N+](=O)[O-])c([n-]1)c(-c1c(Cl)cccc1Cl)c1nc(c(-c3c(Cl)cccc3Cl)c3[n-]c(c2-c2c(Cl)cccc2Cl)c([N+](=O)[O-])c3[N+](=O)[O-])C([N+](=O)[O-])=C1[N+](=O)[O-].[Zn+2]. The normalized spacial score (nSPS) is 12.1. The fourth-order valence-electron chi connectivity index (χ4n) is 8.63.